The summed E-state index contributed by atoms with van der Waals surface area (Å²) in [7, 11) is 0. The molecule has 0 radical (unpaired) electrons. The fourth-order valence-electron chi connectivity index (χ4n) is 3.00. The van der Waals surface area contributed by atoms with E-state index in [1.165, 1.54) is 12.1 Å². The van der Waals surface area contributed by atoms with Gasteiger partial charge in [0.05, 0.1) is 18.4 Å². The highest BCUT2D eigenvalue weighted by Crippen LogP contribution is 2.43. The molecule has 0 fully saturated rings. The zero-order valence-corrected chi connectivity index (χ0v) is 15.6. The summed E-state index contributed by atoms with van der Waals surface area (Å²) in [6.07, 6.45) is -10.4. The zero-order valence-electron chi connectivity index (χ0n) is 15.6. The standard InChI is InChI=1S/C19H11F7N4O2/c20-11-5-3-10(4-6-11)13-9-17(31,19(24,25)26)30(29-13)16-27-12(14-2-1-7-32-14)8-15(28-16)18(21,22)23/h1-8,31H,9H2/t17-/m1/s1. The van der Waals surface area contributed by atoms with Crippen LogP contribution in [0.25, 0.3) is 11.5 Å². The van der Waals surface area contributed by atoms with Gasteiger partial charge in [0.25, 0.3) is 5.72 Å². The van der Waals surface area contributed by atoms with Crippen molar-refractivity contribution in [2.24, 2.45) is 5.10 Å². The molecule has 2 aromatic heterocycles. The SMILES string of the molecule is O[C@@]1(C(F)(F)F)CC(c2ccc(F)cc2)=NN1c1nc(-c2ccco2)cc(C(F)(F)F)n1. The molecule has 6 nitrogen and oxygen atoms in total. The van der Waals surface area contributed by atoms with E-state index in [2.05, 4.69) is 15.1 Å². The van der Waals surface area contributed by atoms with E-state index in [4.69, 9.17) is 4.42 Å². The second-order valence-electron chi connectivity index (χ2n) is 6.77. The van der Waals surface area contributed by atoms with Gasteiger partial charge in [0.15, 0.2) is 11.5 Å². The number of benzene rings is 1. The number of anilines is 1. The number of furan rings is 1. The molecule has 0 spiro atoms. The Hall–Kier alpha value is -3.48. The summed E-state index contributed by atoms with van der Waals surface area (Å²) in [5.74, 6) is -1.99. The van der Waals surface area contributed by atoms with E-state index in [1.54, 1.807) is 0 Å². The third-order valence-electron chi connectivity index (χ3n) is 4.58. The van der Waals surface area contributed by atoms with Gasteiger partial charge in [-0.3, -0.25) is 0 Å². The Labute approximate surface area is 174 Å². The van der Waals surface area contributed by atoms with E-state index in [0.717, 1.165) is 30.5 Å². The Morgan fingerprint density at radius 2 is 1.69 bits per heavy atom. The fraction of sp³-hybridized carbons (Fsp3) is 0.211. The summed E-state index contributed by atoms with van der Waals surface area (Å²) < 4.78 is 99.8. The Morgan fingerprint density at radius 3 is 2.25 bits per heavy atom. The third-order valence-corrected chi connectivity index (χ3v) is 4.58. The van der Waals surface area contributed by atoms with Crippen LogP contribution < -0.4 is 5.01 Å². The molecule has 0 saturated heterocycles. The van der Waals surface area contributed by atoms with Crippen LogP contribution in [-0.4, -0.2) is 32.7 Å². The highest BCUT2D eigenvalue weighted by Gasteiger charge is 2.63. The van der Waals surface area contributed by atoms with E-state index in [0.29, 0.717) is 6.07 Å². The van der Waals surface area contributed by atoms with Gasteiger partial charge in [-0.15, -0.1) is 0 Å². The van der Waals surface area contributed by atoms with Gasteiger partial charge in [0, 0.05) is 0 Å². The van der Waals surface area contributed by atoms with Crippen molar-refractivity contribution in [3.05, 3.63) is 65.8 Å². The second kappa shape index (κ2) is 7.29. The predicted molar refractivity (Wildman–Crippen MR) is 95.8 cm³/mol. The summed E-state index contributed by atoms with van der Waals surface area (Å²) in [4.78, 5) is 6.89. The van der Waals surface area contributed by atoms with Crippen molar-refractivity contribution in [1.82, 2.24) is 9.97 Å². The lowest BCUT2D eigenvalue weighted by molar-refractivity contribution is -0.254. The van der Waals surface area contributed by atoms with Crippen LogP contribution in [0.15, 0.2) is 58.2 Å². The summed E-state index contributed by atoms with van der Waals surface area (Å²) >= 11 is 0. The molecule has 1 aromatic carbocycles. The maximum Gasteiger partial charge on any atom is 0.438 e. The Bertz CT molecular complexity index is 1160. The molecule has 0 saturated carbocycles. The molecule has 1 N–H and O–H groups in total. The van der Waals surface area contributed by atoms with Gasteiger partial charge in [0.1, 0.15) is 11.5 Å². The molecule has 4 rings (SSSR count). The number of rotatable bonds is 3. The van der Waals surface area contributed by atoms with Crippen LogP contribution in [0.1, 0.15) is 17.7 Å². The second-order valence-corrected chi connectivity index (χ2v) is 6.77. The lowest BCUT2D eigenvalue weighted by atomic mass is 10.0. The first-order valence-electron chi connectivity index (χ1n) is 8.81. The number of hydrogen-bond acceptors (Lipinski definition) is 6. The van der Waals surface area contributed by atoms with Crippen LogP contribution in [0.3, 0.4) is 0 Å². The van der Waals surface area contributed by atoms with Crippen LogP contribution in [-0.2, 0) is 6.18 Å². The maximum absolute atomic E-state index is 13.8. The molecule has 1 aliphatic heterocycles. The van der Waals surface area contributed by atoms with E-state index >= 15 is 0 Å². The van der Waals surface area contributed by atoms with Crippen molar-refractivity contribution < 1.29 is 40.3 Å². The average molecular weight is 460 g/mol. The van der Waals surface area contributed by atoms with E-state index in [1.807, 2.05) is 0 Å². The van der Waals surface area contributed by atoms with Gasteiger partial charge in [0.2, 0.25) is 5.95 Å². The van der Waals surface area contributed by atoms with Gasteiger partial charge in [-0.05, 0) is 35.9 Å². The average Bonchev–Trinajstić information content (AvgIpc) is 3.36. The Morgan fingerprint density at radius 1 is 1.00 bits per heavy atom. The summed E-state index contributed by atoms with van der Waals surface area (Å²) in [5.41, 5.74) is -6.12. The molecule has 32 heavy (non-hydrogen) atoms. The molecule has 3 heterocycles. The number of hydrogen-bond donors (Lipinski definition) is 1. The summed E-state index contributed by atoms with van der Waals surface area (Å²) in [6.45, 7) is 0. The van der Waals surface area contributed by atoms with Crippen molar-refractivity contribution >= 4 is 11.7 Å². The zero-order chi connectivity index (χ0) is 23.3. The molecule has 0 unspecified atom stereocenters. The van der Waals surface area contributed by atoms with E-state index in [9.17, 15) is 35.8 Å². The minimum atomic E-state index is -5.36. The normalized spacial score (nSPS) is 19.4. The highest BCUT2D eigenvalue weighted by atomic mass is 19.4. The van der Waals surface area contributed by atoms with Crippen LogP contribution in [0.5, 0.6) is 0 Å². The highest BCUT2D eigenvalue weighted by molar-refractivity contribution is 6.03. The molecule has 0 amide bonds. The van der Waals surface area contributed by atoms with Crippen LogP contribution in [0.4, 0.5) is 36.7 Å². The monoisotopic (exact) mass is 460 g/mol. The predicted octanol–water partition coefficient (Wildman–Crippen LogP) is 4.76. The van der Waals surface area contributed by atoms with Crippen LogP contribution in [0, 0.1) is 5.82 Å². The van der Waals surface area contributed by atoms with Crippen molar-refractivity contribution in [3.63, 3.8) is 0 Å². The Balaban J connectivity index is 1.89. The molecule has 1 atom stereocenters. The number of aliphatic hydroxyl groups is 1. The summed E-state index contributed by atoms with van der Waals surface area (Å²) in [6, 6.07) is 7.25. The van der Waals surface area contributed by atoms with Crippen LogP contribution >= 0.6 is 0 Å². The molecule has 1 aliphatic rings. The molecule has 168 valence electrons. The number of alkyl halides is 6. The van der Waals surface area contributed by atoms with Gasteiger partial charge < -0.3 is 9.52 Å². The van der Waals surface area contributed by atoms with E-state index in [-0.39, 0.29) is 22.0 Å². The first-order chi connectivity index (χ1) is 14.9. The molecule has 3 aromatic rings. The minimum absolute atomic E-state index is 0.0230. The van der Waals surface area contributed by atoms with Gasteiger partial charge in [-0.25, -0.2) is 14.4 Å². The Kier molecular flexibility index (Phi) is 4.95. The van der Waals surface area contributed by atoms with Crippen molar-refractivity contribution in [2.45, 2.75) is 24.5 Å². The lowest BCUT2D eigenvalue weighted by Gasteiger charge is -2.32. The molecular weight excluding hydrogens is 449 g/mol. The van der Waals surface area contributed by atoms with Crippen LogP contribution in [0.2, 0.25) is 0 Å². The van der Waals surface area contributed by atoms with Gasteiger partial charge in [-0.2, -0.15) is 36.5 Å². The van der Waals surface area contributed by atoms with Crippen molar-refractivity contribution in [3.8, 4) is 11.5 Å². The number of aromatic nitrogens is 2. The minimum Gasteiger partial charge on any atom is -0.463 e. The summed E-state index contributed by atoms with van der Waals surface area (Å²) in [5, 5.41) is 14.0. The first kappa shape index (κ1) is 21.7. The molecule has 0 bridgehead atoms. The quantitative estimate of drug-likeness (QED) is 0.571. The number of hydrazone groups is 1. The maximum atomic E-state index is 13.8. The number of nitrogens with zero attached hydrogens (tertiary/aromatic N) is 4. The smallest absolute Gasteiger partial charge is 0.438 e. The molecular formula is C19H11F7N4O2. The van der Waals surface area contributed by atoms with E-state index < -0.39 is 47.7 Å². The van der Waals surface area contributed by atoms with Gasteiger partial charge >= 0.3 is 12.4 Å². The van der Waals surface area contributed by atoms with Crippen molar-refractivity contribution in [1.29, 1.82) is 0 Å². The largest absolute Gasteiger partial charge is 0.463 e. The fourth-order valence-corrected chi connectivity index (χ4v) is 3.00. The van der Waals surface area contributed by atoms with Gasteiger partial charge in [-0.1, -0.05) is 12.1 Å². The first-order valence-corrected chi connectivity index (χ1v) is 8.81. The third kappa shape index (κ3) is 3.79. The number of halogens is 7. The lowest BCUT2D eigenvalue weighted by Crippen LogP contribution is -2.55. The van der Waals surface area contributed by atoms with Crippen molar-refractivity contribution in [2.75, 3.05) is 5.01 Å². The molecule has 0 aliphatic carbocycles. The molecule has 13 heteroatoms. The topological polar surface area (TPSA) is 74.8 Å².